The average molecular weight is 415 g/mol. The second kappa shape index (κ2) is 11.6. The van der Waals surface area contributed by atoms with Gasteiger partial charge in [-0.25, -0.2) is 15.0 Å². The van der Waals surface area contributed by atoms with Crippen LogP contribution in [0.5, 0.6) is 0 Å². The fourth-order valence-electron chi connectivity index (χ4n) is 3.39. The van der Waals surface area contributed by atoms with E-state index in [9.17, 15) is 0 Å². The van der Waals surface area contributed by atoms with Gasteiger partial charge >= 0.3 is 0 Å². The van der Waals surface area contributed by atoms with E-state index in [0.29, 0.717) is 11.7 Å². The molecule has 3 rings (SSSR count). The van der Waals surface area contributed by atoms with E-state index in [1.807, 2.05) is 24.5 Å². The van der Waals surface area contributed by atoms with Gasteiger partial charge in [0, 0.05) is 38.6 Å². The maximum atomic E-state index is 5.83. The van der Waals surface area contributed by atoms with Crippen LogP contribution in [0.15, 0.2) is 41.7 Å². The molecule has 0 bridgehead atoms. The topological polar surface area (TPSA) is 65.4 Å². The maximum absolute atomic E-state index is 5.83. The summed E-state index contributed by atoms with van der Waals surface area (Å²) in [4.78, 5) is 15.9. The van der Waals surface area contributed by atoms with Gasteiger partial charge in [0.25, 0.3) is 0 Å². The van der Waals surface area contributed by atoms with E-state index in [-0.39, 0.29) is 0 Å². The lowest BCUT2D eigenvalue weighted by Crippen LogP contribution is -2.38. The zero-order valence-corrected chi connectivity index (χ0v) is 18.0. The number of hydrogen-bond acceptors (Lipinski definition) is 4. The number of nitrogens with one attached hydrogen (secondary N) is 2. The molecule has 0 saturated carbocycles. The van der Waals surface area contributed by atoms with E-state index in [0.717, 1.165) is 55.5 Å². The SMILES string of the molecule is CCNC(=NCc1ccc(N2CCCCCC2)nc1)NCCc1ccc(Cl)nc1. The van der Waals surface area contributed by atoms with Crippen LogP contribution in [0.1, 0.15) is 43.7 Å². The van der Waals surface area contributed by atoms with Crippen LogP contribution in [-0.2, 0) is 13.0 Å². The summed E-state index contributed by atoms with van der Waals surface area (Å²) in [7, 11) is 0. The summed E-state index contributed by atoms with van der Waals surface area (Å²) in [6.45, 7) is 6.50. The summed E-state index contributed by atoms with van der Waals surface area (Å²) in [5.74, 6) is 1.90. The molecule has 156 valence electrons. The molecule has 7 heteroatoms. The summed E-state index contributed by atoms with van der Waals surface area (Å²) in [6, 6.07) is 8.08. The monoisotopic (exact) mass is 414 g/mol. The first-order chi connectivity index (χ1) is 14.2. The summed E-state index contributed by atoms with van der Waals surface area (Å²) in [6.07, 6.45) is 9.81. The number of aromatic nitrogens is 2. The average Bonchev–Trinajstić information content (AvgIpc) is 3.03. The highest BCUT2D eigenvalue weighted by Gasteiger charge is 2.10. The smallest absolute Gasteiger partial charge is 0.191 e. The van der Waals surface area contributed by atoms with Crippen molar-refractivity contribution in [1.82, 2.24) is 20.6 Å². The molecular weight excluding hydrogens is 384 g/mol. The van der Waals surface area contributed by atoms with Gasteiger partial charge in [-0.3, -0.25) is 0 Å². The van der Waals surface area contributed by atoms with Gasteiger partial charge in [0.1, 0.15) is 11.0 Å². The number of aliphatic imine (C=N–C) groups is 1. The Morgan fingerprint density at radius 3 is 2.41 bits per heavy atom. The van der Waals surface area contributed by atoms with Crippen molar-refractivity contribution in [2.24, 2.45) is 4.99 Å². The first-order valence-electron chi connectivity index (χ1n) is 10.6. The van der Waals surface area contributed by atoms with Gasteiger partial charge in [0.05, 0.1) is 6.54 Å². The van der Waals surface area contributed by atoms with Crippen molar-refractivity contribution in [3.63, 3.8) is 0 Å². The minimum Gasteiger partial charge on any atom is -0.357 e. The number of nitrogens with zero attached hydrogens (tertiary/aromatic N) is 4. The van der Waals surface area contributed by atoms with Crippen molar-refractivity contribution in [1.29, 1.82) is 0 Å². The molecule has 0 atom stereocenters. The van der Waals surface area contributed by atoms with Gasteiger partial charge in [0.2, 0.25) is 0 Å². The summed E-state index contributed by atoms with van der Waals surface area (Å²) in [5.41, 5.74) is 2.26. The van der Waals surface area contributed by atoms with E-state index in [1.165, 1.54) is 25.7 Å². The van der Waals surface area contributed by atoms with Gasteiger partial charge in [0.15, 0.2) is 5.96 Å². The van der Waals surface area contributed by atoms with Crippen LogP contribution in [0.2, 0.25) is 5.15 Å². The van der Waals surface area contributed by atoms with Crippen molar-refractivity contribution < 1.29 is 0 Å². The van der Waals surface area contributed by atoms with E-state index in [1.54, 1.807) is 0 Å². The van der Waals surface area contributed by atoms with Gasteiger partial charge < -0.3 is 15.5 Å². The minimum absolute atomic E-state index is 0.520. The van der Waals surface area contributed by atoms with Crippen molar-refractivity contribution >= 4 is 23.4 Å². The second-order valence-corrected chi connectivity index (χ2v) is 7.67. The Balaban J connectivity index is 1.51. The Kier molecular flexibility index (Phi) is 8.56. The standard InChI is InChI=1S/C22H31ClN6/c1-2-24-22(25-12-11-18-7-9-20(23)26-15-18)28-17-19-8-10-21(27-16-19)29-13-5-3-4-6-14-29/h7-10,15-16H,2-6,11-14,17H2,1H3,(H2,24,25,28). The second-order valence-electron chi connectivity index (χ2n) is 7.29. The van der Waals surface area contributed by atoms with Crippen LogP contribution in [0.4, 0.5) is 5.82 Å². The molecule has 1 saturated heterocycles. The van der Waals surface area contributed by atoms with Gasteiger partial charge in [-0.2, -0.15) is 0 Å². The Morgan fingerprint density at radius 1 is 1.00 bits per heavy atom. The predicted octanol–water partition coefficient (Wildman–Crippen LogP) is 3.81. The highest BCUT2D eigenvalue weighted by Crippen LogP contribution is 2.17. The third-order valence-electron chi connectivity index (χ3n) is 5.00. The Hall–Kier alpha value is -2.34. The van der Waals surface area contributed by atoms with Crippen LogP contribution in [0.25, 0.3) is 0 Å². The fourth-order valence-corrected chi connectivity index (χ4v) is 3.50. The van der Waals surface area contributed by atoms with Gasteiger partial charge in [-0.15, -0.1) is 0 Å². The number of hydrogen-bond donors (Lipinski definition) is 2. The normalized spacial score (nSPS) is 15.1. The fraction of sp³-hybridized carbons (Fsp3) is 0.500. The summed E-state index contributed by atoms with van der Waals surface area (Å²) >= 11 is 5.83. The molecule has 29 heavy (non-hydrogen) atoms. The van der Waals surface area contributed by atoms with E-state index in [4.69, 9.17) is 16.6 Å². The molecule has 1 aliphatic rings. The van der Waals surface area contributed by atoms with Crippen LogP contribution in [-0.4, -0.2) is 42.1 Å². The van der Waals surface area contributed by atoms with Crippen LogP contribution >= 0.6 is 11.6 Å². The largest absolute Gasteiger partial charge is 0.357 e. The van der Waals surface area contributed by atoms with Crippen LogP contribution in [0, 0.1) is 0 Å². The van der Waals surface area contributed by atoms with E-state index >= 15 is 0 Å². The minimum atomic E-state index is 0.520. The van der Waals surface area contributed by atoms with Crippen molar-refractivity contribution in [3.8, 4) is 0 Å². The molecule has 2 aromatic heterocycles. The van der Waals surface area contributed by atoms with E-state index in [2.05, 4.69) is 44.6 Å². The molecule has 6 nitrogen and oxygen atoms in total. The molecule has 0 amide bonds. The molecule has 0 spiro atoms. The Labute approximate surface area is 178 Å². The number of halogens is 1. The molecule has 1 fully saturated rings. The van der Waals surface area contributed by atoms with E-state index < -0.39 is 0 Å². The number of rotatable bonds is 7. The molecule has 0 unspecified atom stereocenters. The number of guanidine groups is 1. The van der Waals surface area contributed by atoms with Crippen LogP contribution in [0.3, 0.4) is 0 Å². The summed E-state index contributed by atoms with van der Waals surface area (Å²) < 4.78 is 0. The van der Waals surface area contributed by atoms with Gasteiger partial charge in [-0.1, -0.05) is 36.6 Å². The zero-order valence-electron chi connectivity index (χ0n) is 17.2. The van der Waals surface area contributed by atoms with Crippen molar-refractivity contribution in [2.45, 2.75) is 45.6 Å². The molecule has 2 aromatic rings. The maximum Gasteiger partial charge on any atom is 0.191 e. The first kappa shape index (κ1) is 21.4. The third-order valence-corrected chi connectivity index (χ3v) is 5.22. The number of pyridine rings is 2. The Morgan fingerprint density at radius 2 is 1.76 bits per heavy atom. The molecular formula is C22H31ClN6. The lowest BCUT2D eigenvalue weighted by Gasteiger charge is -2.21. The first-order valence-corrected chi connectivity index (χ1v) is 10.9. The Bertz CT molecular complexity index is 752. The zero-order chi connectivity index (χ0) is 20.3. The van der Waals surface area contributed by atoms with Crippen molar-refractivity contribution in [3.05, 3.63) is 52.9 Å². The quantitative estimate of drug-likeness (QED) is 0.409. The third kappa shape index (κ3) is 7.20. The molecule has 0 radical (unpaired) electrons. The molecule has 0 aliphatic carbocycles. The van der Waals surface area contributed by atoms with Crippen molar-refractivity contribution in [2.75, 3.05) is 31.1 Å². The highest BCUT2D eigenvalue weighted by atomic mass is 35.5. The predicted molar refractivity (Wildman–Crippen MR) is 121 cm³/mol. The number of anilines is 1. The lowest BCUT2D eigenvalue weighted by molar-refractivity contribution is 0.726. The molecule has 1 aliphatic heterocycles. The molecule has 3 heterocycles. The highest BCUT2D eigenvalue weighted by molar-refractivity contribution is 6.29. The lowest BCUT2D eigenvalue weighted by atomic mass is 10.2. The molecule has 2 N–H and O–H groups in total. The molecule has 0 aromatic carbocycles. The summed E-state index contributed by atoms with van der Waals surface area (Å²) in [5, 5.41) is 7.19. The van der Waals surface area contributed by atoms with Crippen LogP contribution < -0.4 is 15.5 Å². The van der Waals surface area contributed by atoms with Gasteiger partial charge in [-0.05, 0) is 49.4 Å².